The summed E-state index contributed by atoms with van der Waals surface area (Å²) in [6.45, 7) is 8.72. The van der Waals surface area contributed by atoms with Gasteiger partial charge in [-0.15, -0.1) is 0 Å². The summed E-state index contributed by atoms with van der Waals surface area (Å²) in [5.41, 5.74) is 6.46. The van der Waals surface area contributed by atoms with Gasteiger partial charge in [0.1, 0.15) is 0 Å². The highest BCUT2D eigenvalue weighted by Gasteiger charge is 2.36. The normalized spacial score (nSPS) is 16.7. The van der Waals surface area contributed by atoms with Gasteiger partial charge >= 0.3 is 0 Å². The number of rotatable bonds is 5. The zero-order chi connectivity index (χ0) is 19.6. The highest BCUT2D eigenvalue weighted by Crippen LogP contribution is 2.32. The van der Waals surface area contributed by atoms with Gasteiger partial charge in [0.25, 0.3) is 0 Å². The molecule has 142 valence electrons. The maximum atomic E-state index is 12.8. The van der Waals surface area contributed by atoms with Crippen LogP contribution in [-0.4, -0.2) is 18.4 Å². The molecule has 27 heavy (non-hydrogen) atoms. The van der Waals surface area contributed by atoms with Crippen molar-refractivity contribution in [3.8, 4) is 0 Å². The first-order valence-corrected chi connectivity index (χ1v) is 9.73. The number of amides is 2. The number of hydrogen-bond acceptors (Lipinski definition) is 2. The van der Waals surface area contributed by atoms with E-state index in [1.54, 1.807) is 0 Å². The lowest BCUT2D eigenvalue weighted by Crippen LogP contribution is -2.29. The maximum Gasteiger partial charge on any atom is 0.229 e. The second kappa shape index (κ2) is 7.95. The predicted octanol–water partition coefficient (Wildman–Crippen LogP) is 4.42. The van der Waals surface area contributed by atoms with Gasteiger partial charge in [0.05, 0.1) is 5.92 Å². The van der Waals surface area contributed by atoms with Crippen molar-refractivity contribution < 1.29 is 9.59 Å². The molecule has 2 amide bonds. The molecular weight excluding hydrogens is 336 g/mol. The summed E-state index contributed by atoms with van der Waals surface area (Å²) in [7, 11) is 0. The quantitative estimate of drug-likeness (QED) is 0.854. The Morgan fingerprint density at radius 3 is 2.33 bits per heavy atom. The van der Waals surface area contributed by atoms with E-state index in [1.807, 2.05) is 43.0 Å². The fraction of sp³-hybridized carbons (Fsp3) is 0.391. The maximum absolute atomic E-state index is 12.8. The summed E-state index contributed by atoms with van der Waals surface area (Å²) in [6.07, 6.45) is 2.00. The first-order chi connectivity index (χ1) is 12.9. The molecular formula is C23H28N2O2. The van der Waals surface area contributed by atoms with E-state index in [2.05, 4.69) is 31.3 Å². The molecule has 0 aliphatic carbocycles. The van der Waals surface area contributed by atoms with Gasteiger partial charge < -0.3 is 10.2 Å². The summed E-state index contributed by atoms with van der Waals surface area (Å²) in [5, 5.41) is 2.98. The van der Waals surface area contributed by atoms with E-state index in [1.165, 1.54) is 5.56 Å². The van der Waals surface area contributed by atoms with Crippen molar-refractivity contribution in [1.29, 1.82) is 0 Å². The zero-order valence-corrected chi connectivity index (χ0v) is 16.6. The molecule has 0 aromatic heterocycles. The Labute approximate surface area is 161 Å². The van der Waals surface area contributed by atoms with Crippen molar-refractivity contribution in [2.45, 2.75) is 47.0 Å². The minimum atomic E-state index is -0.325. The van der Waals surface area contributed by atoms with Gasteiger partial charge in [-0.1, -0.05) is 38.1 Å². The number of para-hydroxylation sites is 1. The van der Waals surface area contributed by atoms with Gasteiger partial charge in [-0.2, -0.15) is 0 Å². The van der Waals surface area contributed by atoms with Crippen LogP contribution in [0, 0.1) is 19.8 Å². The number of nitrogens with one attached hydrogen (secondary N) is 1. The van der Waals surface area contributed by atoms with Crippen LogP contribution in [0.2, 0.25) is 0 Å². The topological polar surface area (TPSA) is 49.4 Å². The number of benzene rings is 2. The fourth-order valence-electron chi connectivity index (χ4n) is 3.72. The Bertz CT molecular complexity index is 850. The van der Waals surface area contributed by atoms with Crippen LogP contribution in [0.4, 0.5) is 11.4 Å². The summed E-state index contributed by atoms with van der Waals surface area (Å²) >= 11 is 0. The number of anilines is 2. The third-order valence-electron chi connectivity index (χ3n) is 5.51. The van der Waals surface area contributed by atoms with Crippen LogP contribution >= 0.6 is 0 Å². The second-order valence-electron chi connectivity index (χ2n) is 7.33. The van der Waals surface area contributed by atoms with Crippen LogP contribution in [0.15, 0.2) is 36.4 Å². The van der Waals surface area contributed by atoms with Gasteiger partial charge in [-0.05, 0) is 61.1 Å². The van der Waals surface area contributed by atoms with Crippen LogP contribution in [0.5, 0.6) is 0 Å². The van der Waals surface area contributed by atoms with E-state index in [9.17, 15) is 9.59 Å². The molecule has 1 saturated heterocycles. The van der Waals surface area contributed by atoms with Crippen LogP contribution < -0.4 is 10.2 Å². The Hall–Kier alpha value is -2.62. The highest BCUT2D eigenvalue weighted by molar-refractivity contribution is 6.04. The second-order valence-corrected chi connectivity index (χ2v) is 7.33. The molecule has 0 bridgehead atoms. The molecule has 1 aliphatic rings. The van der Waals surface area contributed by atoms with Crippen molar-refractivity contribution in [3.63, 3.8) is 0 Å². The summed E-state index contributed by atoms with van der Waals surface area (Å²) in [6, 6.07) is 12.1. The molecule has 1 fully saturated rings. The van der Waals surface area contributed by atoms with Crippen LogP contribution in [0.25, 0.3) is 0 Å². The smallest absolute Gasteiger partial charge is 0.229 e. The van der Waals surface area contributed by atoms with Crippen molar-refractivity contribution in [2.24, 2.45) is 5.92 Å². The average molecular weight is 364 g/mol. The third-order valence-corrected chi connectivity index (χ3v) is 5.51. The number of carbonyl (C=O) groups excluding carboxylic acids is 2. The molecule has 4 nitrogen and oxygen atoms in total. The minimum Gasteiger partial charge on any atom is -0.326 e. The van der Waals surface area contributed by atoms with Gasteiger partial charge in [-0.3, -0.25) is 9.59 Å². The van der Waals surface area contributed by atoms with Crippen molar-refractivity contribution in [2.75, 3.05) is 16.8 Å². The van der Waals surface area contributed by atoms with Crippen molar-refractivity contribution >= 4 is 23.2 Å². The molecule has 1 atom stereocenters. The van der Waals surface area contributed by atoms with Crippen molar-refractivity contribution in [3.05, 3.63) is 58.7 Å². The Balaban J connectivity index is 1.79. The number of aryl methyl sites for hydroxylation is 4. The lowest BCUT2D eigenvalue weighted by molar-refractivity contribution is -0.122. The molecule has 1 heterocycles. The third kappa shape index (κ3) is 3.90. The minimum absolute atomic E-state index is 0.0332. The summed E-state index contributed by atoms with van der Waals surface area (Å²) < 4.78 is 0. The van der Waals surface area contributed by atoms with Crippen molar-refractivity contribution in [1.82, 2.24) is 0 Å². The van der Waals surface area contributed by atoms with E-state index in [4.69, 9.17) is 0 Å². The Morgan fingerprint density at radius 2 is 1.74 bits per heavy atom. The Kier molecular flexibility index (Phi) is 5.64. The number of hydrogen-bond donors (Lipinski definition) is 1. The average Bonchev–Trinajstić information content (AvgIpc) is 3.05. The summed E-state index contributed by atoms with van der Waals surface area (Å²) in [4.78, 5) is 27.3. The van der Waals surface area contributed by atoms with E-state index >= 15 is 0 Å². The number of nitrogens with zero attached hydrogens (tertiary/aromatic N) is 1. The summed E-state index contributed by atoms with van der Waals surface area (Å²) in [5.74, 6) is -0.374. The molecule has 4 heteroatoms. The van der Waals surface area contributed by atoms with E-state index in [0.717, 1.165) is 40.9 Å². The standard InChI is InChI=1S/C23H28N2O2/c1-5-17-8-7-9-18(6-2)22(17)25-14-19(13-21(25)26)23(27)24-20-11-10-15(3)16(4)12-20/h7-12,19H,5-6,13-14H2,1-4H3,(H,24,27). The molecule has 1 N–H and O–H groups in total. The largest absolute Gasteiger partial charge is 0.326 e. The zero-order valence-electron chi connectivity index (χ0n) is 16.6. The van der Waals surface area contributed by atoms with Gasteiger partial charge in [0.2, 0.25) is 11.8 Å². The molecule has 1 unspecified atom stereocenters. The Morgan fingerprint density at radius 1 is 1.07 bits per heavy atom. The SMILES string of the molecule is CCc1cccc(CC)c1N1CC(C(=O)Nc2ccc(C)c(C)c2)CC1=O. The number of carbonyl (C=O) groups is 2. The van der Waals surface area contributed by atoms with Gasteiger partial charge in [0.15, 0.2) is 0 Å². The highest BCUT2D eigenvalue weighted by atomic mass is 16.2. The molecule has 0 spiro atoms. The monoisotopic (exact) mass is 364 g/mol. The van der Waals surface area contributed by atoms with E-state index < -0.39 is 0 Å². The lowest BCUT2D eigenvalue weighted by Gasteiger charge is -2.23. The lowest BCUT2D eigenvalue weighted by atomic mass is 10.0. The molecule has 0 radical (unpaired) electrons. The predicted molar refractivity (Wildman–Crippen MR) is 110 cm³/mol. The fourth-order valence-corrected chi connectivity index (χ4v) is 3.72. The molecule has 2 aromatic rings. The van der Waals surface area contributed by atoms with Crippen LogP contribution in [-0.2, 0) is 22.4 Å². The first-order valence-electron chi connectivity index (χ1n) is 9.73. The molecule has 3 rings (SSSR count). The van der Waals surface area contributed by atoms with Gasteiger partial charge in [-0.25, -0.2) is 0 Å². The van der Waals surface area contributed by atoms with Crippen LogP contribution in [0.3, 0.4) is 0 Å². The molecule has 2 aromatic carbocycles. The van der Waals surface area contributed by atoms with E-state index in [0.29, 0.717) is 6.54 Å². The first kappa shape index (κ1) is 19.2. The van der Waals surface area contributed by atoms with Crippen LogP contribution in [0.1, 0.15) is 42.5 Å². The molecule has 1 aliphatic heterocycles. The molecule has 0 saturated carbocycles. The van der Waals surface area contributed by atoms with E-state index in [-0.39, 0.29) is 24.2 Å². The van der Waals surface area contributed by atoms with Gasteiger partial charge in [0, 0.05) is 24.3 Å².